The molecule has 0 aromatic heterocycles. The maximum absolute atomic E-state index is 2.54. The molecule has 0 bridgehead atoms. The van der Waals surface area contributed by atoms with Crippen molar-refractivity contribution in [3.63, 3.8) is 0 Å². The second-order valence-electron chi connectivity index (χ2n) is 15.0. The molecule has 0 nitrogen and oxygen atoms in total. The normalized spacial score (nSPS) is 16.3. The molecule has 0 N–H and O–H groups in total. The van der Waals surface area contributed by atoms with E-state index in [0.29, 0.717) is 11.8 Å². The Bertz CT molecular complexity index is 2600. The van der Waals surface area contributed by atoms with E-state index in [1.165, 1.54) is 99.7 Å². The zero-order chi connectivity index (χ0) is 35.5. The first-order valence-corrected chi connectivity index (χ1v) is 20.8. The molecular formula is C52H42Si. The fraction of sp³-hybridized carbons (Fsp3) is 0.154. The Morgan fingerprint density at radius 1 is 0.396 bits per heavy atom. The average molecular weight is 695 g/mol. The highest BCUT2D eigenvalue weighted by Gasteiger charge is 2.30. The molecule has 254 valence electrons. The lowest BCUT2D eigenvalue weighted by Crippen LogP contribution is -2.08. The third-order valence-corrected chi connectivity index (χ3v) is 13.6. The van der Waals surface area contributed by atoms with E-state index in [0.717, 1.165) is 22.4 Å². The van der Waals surface area contributed by atoms with Crippen molar-refractivity contribution in [2.24, 2.45) is 0 Å². The number of fused-ring (bicyclic) bond motifs is 6. The molecule has 10 rings (SSSR count). The molecule has 2 atom stereocenters. The predicted molar refractivity (Wildman–Crippen MR) is 231 cm³/mol. The van der Waals surface area contributed by atoms with Gasteiger partial charge in [-0.15, -0.1) is 0 Å². The Hall–Kier alpha value is -5.50. The number of allylic oxidation sites excluding steroid dienone is 2. The zero-order valence-electron chi connectivity index (χ0n) is 30.5. The highest BCUT2D eigenvalue weighted by Crippen LogP contribution is 2.48. The Morgan fingerprint density at radius 3 is 1.21 bits per heavy atom. The van der Waals surface area contributed by atoms with E-state index >= 15 is 0 Å². The molecule has 53 heavy (non-hydrogen) atoms. The van der Waals surface area contributed by atoms with Gasteiger partial charge < -0.3 is 0 Å². The van der Waals surface area contributed by atoms with Crippen LogP contribution in [0.4, 0.5) is 0 Å². The van der Waals surface area contributed by atoms with Crippen LogP contribution in [0.15, 0.2) is 157 Å². The van der Waals surface area contributed by atoms with Crippen LogP contribution in [0.3, 0.4) is 0 Å². The molecule has 1 heteroatoms. The fourth-order valence-electron chi connectivity index (χ4n) is 9.49. The van der Waals surface area contributed by atoms with E-state index in [-0.39, 0.29) is 0 Å². The summed E-state index contributed by atoms with van der Waals surface area (Å²) < 4.78 is 0. The van der Waals surface area contributed by atoms with Crippen LogP contribution in [0.2, 0.25) is 12.1 Å². The SMILES string of the molecule is CCC1=Cc2c(-c3cccc4cc5ccccc5cc34)cccc2C1C[Si]CC1C(CC)=Cc2c(-c3cccc4cc5ccccc5cc34)cccc21. The standard InChI is InChI=1S/C52H42Si/c1-3-33-27-49-43(41-19-9-17-39-25-35-13-5-7-15-37(35)29-47(39)41)21-11-23-45(49)51(33)31-53-32-52-34(4-2)28-50-44(22-12-24-46(50)52)42-20-10-18-40-26-36-14-6-8-16-38(36)30-48(40)42/h5-30,51-52H,3-4,31-32H2,1-2H3. The zero-order valence-corrected chi connectivity index (χ0v) is 31.5. The molecule has 0 amide bonds. The maximum Gasteiger partial charge on any atom is 0.0397 e. The van der Waals surface area contributed by atoms with Crippen molar-refractivity contribution in [1.82, 2.24) is 0 Å². The van der Waals surface area contributed by atoms with Crippen LogP contribution >= 0.6 is 0 Å². The number of hydrogen-bond acceptors (Lipinski definition) is 0. The van der Waals surface area contributed by atoms with Gasteiger partial charge in [-0.2, -0.15) is 0 Å². The second-order valence-corrected chi connectivity index (χ2v) is 16.3. The van der Waals surface area contributed by atoms with Gasteiger partial charge in [0, 0.05) is 21.4 Å². The summed E-state index contributed by atoms with van der Waals surface area (Å²) in [7, 11) is 0.894. The molecule has 8 aromatic carbocycles. The number of benzene rings is 8. The van der Waals surface area contributed by atoms with Gasteiger partial charge in [-0.1, -0.05) is 171 Å². The van der Waals surface area contributed by atoms with Crippen LogP contribution < -0.4 is 0 Å². The van der Waals surface area contributed by atoms with Crippen LogP contribution in [0.25, 0.3) is 77.5 Å². The second kappa shape index (κ2) is 13.2. The van der Waals surface area contributed by atoms with Gasteiger partial charge in [-0.25, -0.2) is 0 Å². The first-order valence-electron chi connectivity index (χ1n) is 19.4. The molecule has 2 aliphatic rings. The Kier molecular flexibility index (Phi) is 7.99. The Labute approximate surface area is 315 Å². The summed E-state index contributed by atoms with van der Waals surface area (Å²) in [6.45, 7) is 4.70. The Morgan fingerprint density at radius 2 is 0.774 bits per heavy atom. The third kappa shape index (κ3) is 5.41. The number of rotatable bonds is 8. The molecule has 0 spiro atoms. The van der Waals surface area contributed by atoms with E-state index in [9.17, 15) is 0 Å². The van der Waals surface area contributed by atoms with Gasteiger partial charge in [-0.3, -0.25) is 0 Å². The van der Waals surface area contributed by atoms with Crippen LogP contribution in [0.1, 0.15) is 60.8 Å². The van der Waals surface area contributed by atoms with E-state index in [1.807, 2.05) is 0 Å². The lowest BCUT2D eigenvalue weighted by molar-refractivity contribution is 0.830. The first kappa shape index (κ1) is 32.2. The van der Waals surface area contributed by atoms with Gasteiger partial charge in [0.1, 0.15) is 0 Å². The molecule has 0 saturated carbocycles. The highest BCUT2D eigenvalue weighted by molar-refractivity contribution is 6.36. The fourth-order valence-corrected chi connectivity index (χ4v) is 11.2. The monoisotopic (exact) mass is 694 g/mol. The minimum Gasteiger partial charge on any atom is -0.0626 e. The van der Waals surface area contributed by atoms with Crippen LogP contribution in [-0.2, 0) is 0 Å². The van der Waals surface area contributed by atoms with Crippen molar-refractivity contribution in [2.75, 3.05) is 0 Å². The lowest BCUT2D eigenvalue weighted by Gasteiger charge is -2.20. The third-order valence-electron chi connectivity index (χ3n) is 12.2. The van der Waals surface area contributed by atoms with Crippen molar-refractivity contribution < 1.29 is 0 Å². The van der Waals surface area contributed by atoms with E-state index < -0.39 is 0 Å². The van der Waals surface area contributed by atoms with Gasteiger partial charge in [-0.05, 0) is 125 Å². The summed E-state index contributed by atoms with van der Waals surface area (Å²) in [5, 5.41) is 10.5. The van der Waals surface area contributed by atoms with Crippen LogP contribution in [-0.4, -0.2) is 9.52 Å². The van der Waals surface area contributed by atoms with E-state index in [4.69, 9.17) is 0 Å². The van der Waals surface area contributed by atoms with Crippen molar-refractivity contribution in [1.29, 1.82) is 0 Å². The topological polar surface area (TPSA) is 0 Å². The quantitative estimate of drug-likeness (QED) is 0.110. The molecule has 2 unspecified atom stereocenters. The van der Waals surface area contributed by atoms with Crippen molar-refractivity contribution >= 4 is 64.8 Å². The molecular weight excluding hydrogens is 653 g/mol. The van der Waals surface area contributed by atoms with Crippen molar-refractivity contribution in [2.45, 2.75) is 50.6 Å². The van der Waals surface area contributed by atoms with Gasteiger partial charge in [0.2, 0.25) is 0 Å². The van der Waals surface area contributed by atoms with Crippen LogP contribution in [0.5, 0.6) is 0 Å². The highest BCUT2D eigenvalue weighted by atomic mass is 28.2. The molecule has 2 aliphatic carbocycles. The summed E-state index contributed by atoms with van der Waals surface area (Å²) in [6, 6.07) is 57.2. The molecule has 0 aliphatic heterocycles. The molecule has 0 heterocycles. The van der Waals surface area contributed by atoms with E-state index in [2.05, 4.69) is 172 Å². The summed E-state index contributed by atoms with van der Waals surface area (Å²) in [4.78, 5) is 0. The number of hydrogen-bond donors (Lipinski definition) is 0. The van der Waals surface area contributed by atoms with Crippen molar-refractivity contribution in [3.8, 4) is 22.3 Å². The minimum absolute atomic E-state index is 0.496. The molecule has 2 radical (unpaired) electrons. The summed E-state index contributed by atoms with van der Waals surface area (Å²) >= 11 is 0. The first-order chi connectivity index (χ1) is 26.2. The molecule has 0 saturated heterocycles. The van der Waals surface area contributed by atoms with Crippen molar-refractivity contribution in [3.05, 3.63) is 179 Å². The molecule has 8 aromatic rings. The predicted octanol–water partition coefficient (Wildman–Crippen LogP) is 14.7. The van der Waals surface area contributed by atoms with E-state index in [1.54, 1.807) is 11.1 Å². The minimum atomic E-state index is 0.496. The summed E-state index contributed by atoms with van der Waals surface area (Å²) in [5.41, 5.74) is 14.5. The lowest BCUT2D eigenvalue weighted by atomic mass is 9.90. The largest absolute Gasteiger partial charge is 0.0626 e. The van der Waals surface area contributed by atoms with Gasteiger partial charge in [0.25, 0.3) is 0 Å². The smallest absolute Gasteiger partial charge is 0.0397 e. The van der Waals surface area contributed by atoms with Gasteiger partial charge in [0.05, 0.1) is 0 Å². The molecule has 0 fully saturated rings. The van der Waals surface area contributed by atoms with Gasteiger partial charge in [0.15, 0.2) is 0 Å². The average Bonchev–Trinajstić information content (AvgIpc) is 3.76. The van der Waals surface area contributed by atoms with Gasteiger partial charge >= 0.3 is 0 Å². The maximum atomic E-state index is 2.54. The summed E-state index contributed by atoms with van der Waals surface area (Å²) in [5.74, 6) is 0.992. The summed E-state index contributed by atoms with van der Waals surface area (Å²) in [6.07, 6.45) is 7.28. The Balaban J connectivity index is 0.952. The van der Waals surface area contributed by atoms with Crippen LogP contribution in [0, 0.1) is 0 Å².